The van der Waals surface area contributed by atoms with E-state index in [9.17, 15) is 0 Å². The van der Waals surface area contributed by atoms with E-state index in [1.54, 1.807) is 0 Å². The molecular weight excluding hydrogens is 108 g/mol. The van der Waals surface area contributed by atoms with Gasteiger partial charge in [0, 0.05) is 0 Å². The van der Waals surface area contributed by atoms with E-state index in [1.165, 1.54) is 19.3 Å². The van der Waals surface area contributed by atoms with Gasteiger partial charge in [0.05, 0.1) is 0 Å². The maximum atomic E-state index is 4.00. The minimum Gasteiger partial charge on any atom is -0.124 e. The molecule has 0 N–H and O–H groups in total. The van der Waals surface area contributed by atoms with E-state index in [1.807, 2.05) is 0 Å². The second-order valence-corrected chi connectivity index (χ2v) is 2.54. The summed E-state index contributed by atoms with van der Waals surface area (Å²) in [5.41, 5.74) is 0. The molecule has 0 radical (unpaired) electrons. The second-order valence-electron chi connectivity index (χ2n) is 2.54. The SMILES string of the molecule is C#C.CCCCC(C)C. The van der Waals surface area contributed by atoms with E-state index in [-0.39, 0.29) is 0 Å². The topological polar surface area (TPSA) is 0 Å². The average Bonchev–Trinajstić information content (AvgIpc) is 1.88. The van der Waals surface area contributed by atoms with Gasteiger partial charge in [-0.1, -0.05) is 40.0 Å². The Kier molecular flexibility index (Phi) is 13.3. The first-order valence-corrected chi connectivity index (χ1v) is 3.60. The van der Waals surface area contributed by atoms with Crippen LogP contribution in [0, 0.1) is 18.8 Å². The van der Waals surface area contributed by atoms with Crippen molar-refractivity contribution in [2.24, 2.45) is 5.92 Å². The van der Waals surface area contributed by atoms with Crippen LogP contribution in [0.5, 0.6) is 0 Å². The number of terminal acetylenes is 1. The molecule has 0 aromatic carbocycles. The van der Waals surface area contributed by atoms with Crippen LogP contribution in [0.25, 0.3) is 0 Å². The Morgan fingerprint density at radius 1 is 1.22 bits per heavy atom. The van der Waals surface area contributed by atoms with Gasteiger partial charge in [-0.15, -0.1) is 12.8 Å². The maximum absolute atomic E-state index is 4.00. The molecule has 0 saturated carbocycles. The van der Waals surface area contributed by atoms with Crippen LogP contribution >= 0.6 is 0 Å². The number of rotatable bonds is 3. The zero-order valence-corrected chi connectivity index (χ0v) is 6.85. The van der Waals surface area contributed by atoms with E-state index in [4.69, 9.17) is 0 Å². The molecule has 0 nitrogen and oxygen atoms in total. The summed E-state index contributed by atoms with van der Waals surface area (Å²) in [4.78, 5) is 0. The average molecular weight is 126 g/mol. The zero-order chi connectivity index (χ0) is 7.70. The number of unbranched alkanes of at least 4 members (excludes halogenated alkanes) is 1. The zero-order valence-electron chi connectivity index (χ0n) is 6.85. The van der Waals surface area contributed by atoms with Crippen molar-refractivity contribution in [3.63, 3.8) is 0 Å². The van der Waals surface area contributed by atoms with Crippen LogP contribution in [0.4, 0.5) is 0 Å². The summed E-state index contributed by atoms with van der Waals surface area (Å²) in [5.74, 6) is 0.903. The van der Waals surface area contributed by atoms with Crippen molar-refractivity contribution in [1.29, 1.82) is 0 Å². The molecule has 9 heavy (non-hydrogen) atoms. The van der Waals surface area contributed by atoms with Crippen LogP contribution in [-0.2, 0) is 0 Å². The highest BCUT2D eigenvalue weighted by atomic mass is 13.9. The Hall–Kier alpha value is -0.440. The summed E-state index contributed by atoms with van der Waals surface area (Å²) in [7, 11) is 0. The van der Waals surface area contributed by atoms with Crippen molar-refractivity contribution in [3.8, 4) is 12.8 Å². The van der Waals surface area contributed by atoms with E-state index in [0.29, 0.717) is 0 Å². The quantitative estimate of drug-likeness (QED) is 0.510. The third-order valence-corrected chi connectivity index (χ3v) is 1.14. The number of hydrogen-bond donors (Lipinski definition) is 0. The Morgan fingerprint density at radius 3 is 1.78 bits per heavy atom. The van der Waals surface area contributed by atoms with Gasteiger partial charge in [-0.05, 0) is 5.92 Å². The molecule has 0 atom stereocenters. The van der Waals surface area contributed by atoms with Gasteiger partial charge in [0.15, 0.2) is 0 Å². The van der Waals surface area contributed by atoms with E-state index in [2.05, 4.69) is 33.6 Å². The van der Waals surface area contributed by atoms with Gasteiger partial charge >= 0.3 is 0 Å². The van der Waals surface area contributed by atoms with Crippen LogP contribution in [0.15, 0.2) is 0 Å². The van der Waals surface area contributed by atoms with Gasteiger partial charge < -0.3 is 0 Å². The first kappa shape index (κ1) is 11.4. The lowest BCUT2D eigenvalue weighted by molar-refractivity contribution is 0.550. The summed E-state index contributed by atoms with van der Waals surface area (Å²) < 4.78 is 0. The molecule has 0 bridgehead atoms. The largest absolute Gasteiger partial charge is 0.124 e. The Bertz CT molecular complexity index is 50.3. The minimum atomic E-state index is 0.903. The highest BCUT2D eigenvalue weighted by Gasteiger charge is 1.88. The first-order chi connectivity index (χ1) is 4.27. The summed E-state index contributed by atoms with van der Waals surface area (Å²) in [6.45, 7) is 6.79. The van der Waals surface area contributed by atoms with Crippen molar-refractivity contribution >= 4 is 0 Å². The fourth-order valence-electron chi connectivity index (χ4n) is 0.612. The molecule has 0 fully saturated rings. The molecular formula is C9H18. The molecule has 0 unspecified atom stereocenters. The summed E-state index contributed by atoms with van der Waals surface area (Å²) in [6.07, 6.45) is 12.1. The van der Waals surface area contributed by atoms with Crippen LogP contribution in [0.3, 0.4) is 0 Å². The fraction of sp³-hybridized carbons (Fsp3) is 0.778. The molecule has 0 rings (SSSR count). The summed E-state index contributed by atoms with van der Waals surface area (Å²) >= 11 is 0. The van der Waals surface area contributed by atoms with Gasteiger partial charge in [-0.3, -0.25) is 0 Å². The van der Waals surface area contributed by atoms with E-state index < -0.39 is 0 Å². The molecule has 0 spiro atoms. The van der Waals surface area contributed by atoms with Gasteiger partial charge in [0.25, 0.3) is 0 Å². The molecule has 54 valence electrons. The van der Waals surface area contributed by atoms with Gasteiger partial charge in [0.1, 0.15) is 0 Å². The number of hydrogen-bond acceptors (Lipinski definition) is 0. The van der Waals surface area contributed by atoms with Gasteiger partial charge in [0.2, 0.25) is 0 Å². The Labute approximate surface area is 59.7 Å². The molecule has 0 aromatic heterocycles. The maximum Gasteiger partial charge on any atom is -0.0471 e. The lowest BCUT2D eigenvalue weighted by Crippen LogP contribution is -1.83. The lowest BCUT2D eigenvalue weighted by Gasteiger charge is -1.98. The summed E-state index contributed by atoms with van der Waals surface area (Å²) in [6, 6.07) is 0. The van der Waals surface area contributed by atoms with E-state index in [0.717, 1.165) is 5.92 Å². The monoisotopic (exact) mass is 126 g/mol. The fourth-order valence-corrected chi connectivity index (χ4v) is 0.612. The molecule has 0 heteroatoms. The van der Waals surface area contributed by atoms with Crippen molar-refractivity contribution in [1.82, 2.24) is 0 Å². The van der Waals surface area contributed by atoms with Gasteiger partial charge in [-0.2, -0.15) is 0 Å². The lowest BCUT2D eigenvalue weighted by atomic mass is 10.1. The molecule has 0 aliphatic heterocycles. The van der Waals surface area contributed by atoms with Crippen molar-refractivity contribution in [2.45, 2.75) is 40.0 Å². The standard InChI is InChI=1S/C7H16.C2H2/c1-4-5-6-7(2)3;1-2/h7H,4-6H2,1-3H3;1-2H. The van der Waals surface area contributed by atoms with Crippen molar-refractivity contribution in [3.05, 3.63) is 0 Å². The van der Waals surface area contributed by atoms with E-state index >= 15 is 0 Å². The van der Waals surface area contributed by atoms with Crippen LogP contribution < -0.4 is 0 Å². The Morgan fingerprint density at radius 2 is 1.67 bits per heavy atom. The van der Waals surface area contributed by atoms with Crippen LogP contribution in [-0.4, -0.2) is 0 Å². The molecule has 0 saturated heterocycles. The smallest absolute Gasteiger partial charge is 0.0471 e. The molecule has 0 aliphatic carbocycles. The highest BCUT2D eigenvalue weighted by Crippen LogP contribution is 2.04. The second kappa shape index (κ2) is 10.5. The Balaban J connectivity index is 0. The molecule has 0 amide bonds. The van der Waals surface area contributed by atoms with Gasteiger partial charge in [-0.25, -0.2) is 0 Å². The highest BCUT2D eigenvalue weighted by molar-refractivity contribution is 4.47. The molecule has 0 aliphatic rings. The van der Waals surface area contributed by atoms with Crippen molar-refractivity contribution < 1.29 is 0 Å². The van der Waals surface area contributed by atoms with Crippen molar-refractivity contribution in [2.75, 3.05) is 0 Å². The predicted octanol–water partition coefficient (Wildman–Crippen LogP) is 3.08. The third kappa shape index (κ3) is 18.4. The minimum absolute atomic E-state index is 0.903. The first-order valence-electron chi connectivity index (χ1n) is 3.60. The van der Waals surface area contributed by atoms with Crippen LogP contribution in [0.1, 0.15) is 40.0 Å². The summed E-state index contributed by atoms with van der Waals surface area (Å²) in [5, 5.41) is 0. The molecule has 0 aromatic rings. The van der Waals surface area contributed by atoms with Crippen LogP contribution in [0.2, 0.25) is 0 Å². The normalized spacial score (nSPS) is 8.22. The third-order valence-electron chi connectivity index (χ3n) is 1.14. The predicted molar refractivity (Wildman–Crippen MR) is 44.3 cm³/mol. The molecule has 0 heterocycles.